The SMILES string of the molecule is [N-]=[N+]=C[Si]c1ccccc1. The molecule has 0 saturated carbocycles. The highest BCUT2D eigenvalue weighted by atomic mass is 28.2. The predicted octanol–water partition coefficient (Wildman–Crippen LogP) is 0.274. The summed E-state index contributed by atoms with van der Waals surface area (Å²) in [7, 11) is 0.463. The fourth-order valence-electron chi connectivity index (χ4n) is 0.638. The molecule has 0 spiro atoms. The van der Waals surface area contributed by atoms with E-state index in [0.717, 1.165) is 0 Å². The van der Waals surface area contributed by atoms with Gasteiger partial charge in [0.05, 0.1) is 0 Å². The van der Waals surface area contributed by atoms with Gasteiger partial charge in [0.25, 0.3) is 0 Å². The van der Waals surface area contributed by atoms with Crippen LogP contribution in [-0.4, -0.2) is 20.1 Å². The molecule has 0 amide bonds. The fourth-order valence-corrected chi connectivity index (χ4v) is 1.23. The van der Waals surface area contributed by atoms with Gasteiger partial charge in [0.15, 0.2) is 0 Å². The Hall–Kier alpha value is -1.18. The van der Waals surface area contributed by atoms with Gasteiger partial charge in [-0.3, -0.25) is 0 Å². The van der Waals surface area contributed by atoms with Crippen LogP contribution in [0.15, 0.2) is 30.3 Å². The highest BCUT2D eigenvalue weighted by molar-refractivity contribution is 6.78. The summed E-state index contributed by atoms with van der Waals surface area (Å²) in [4.78, 5) is 2.92. The average Bonchev–Trinajstić information content (AvgIpc) is 2.03. The summed E-state index contributed by atoms with van der Waals surface area (Å²) in [6.07, 6.45) is 0. The van der Waals surface area contributed by atoms with E-state index in [4.69, 9.17) is 5.53 Å². The number of rotatable bonds is 2. The number of benzene rings is 1. The second-order valence-electron chi connectivity index (χ2n) is 1.75. The summed E-state index contributed by atoms with van der Waals surface area (Å²) in [5, 5.41) is 1.18. The molecule has 10 heavy (non-hydrogen) atoms. The molecular formula is C7H6N2Si. The van der Waals surface area contributed by atoms with Crippen LogP contribution in [0.5, 0.6) is 0 Å². The number of hydrogen-bond acceptors (Lipinski definition) is 0. The lowest BCUT2D eigenvalue weighted by Crippen LogP contribution is -2.14. The van der Waals surface area contributed by atoms with E-state index in [0.29, 0.717) is 9.52 Å². The molecule has 1 aromatic rings. The van der Waals surface area contributed by atoms with Crippen LogP contribution < -0.4 is 5.19 Å². The van der Waals surface area contributed by atoms with Crippen molar-refractivity contribution in [3.63, 3.8) is 0 Å². The standard InChI is InChI=1S/C7H6N2Si/c8-9-6-10-7-4-2-1-3-5-7/h1-6H. The summed E-state index contributed by atoms with van der Waals surface area (Å²) in [5.41, 5.74) is 8.10. The zero-order valence-corrected chi connectivity index (χ0v) is 6.36. The van der Waals surface area contributed by atoms with E-state index >= 15 is 0 Å². The summed E-state index contributed by atoms with van der Waals surface area (Å²) in [5.74, 6) is 1.50. The molecule has 1 aromatic carbocycles. The van der Waals surface area contributed by atoms with Crippen molar-refractivity contribution >= 4 is 20.5 Å². The second-order valence-corrected chi connectivity index (χ2v) is 2.88. The Labute approximate surface area is 62.0 Å². The lowest BCUT2D eigenvalue weighted by molar-refractivity contribution is 0.00750. The van der Waals surface area contributed by atoms with Gasteiger partial charge in [-0.25, -0.2) is 0 Å². The molecule has 1 rings (SSSR count). The fraction of sp³-hybridized carbons (Fsp3) is 0. The van der Waals surface area contributed by atoms with E-state index in [9.17, 15) is 0 Å². The van der Waals surface area contributed by atoms with Gasteiger partial charge in [-0.2, -0.15) is 4.79 Å². The van der Waals surface area contributed by atoms with Crippen LogP contribution in [0.1, 0.15) is 0 Å². The lowest BCUT2D eigenvalue weighted by Gasteiger charge is -1.86. The molecule has 0 saturated heterocycles. The van der Waals surface area contributed by atoms with Crippen molar-refractivity contribution in [1.82, 2.24) is 0 Å². The van der Waals surface area contributed by atoms with Crippen molar-refractivity contribution < 1.29 is 4.79 Å². The second kappa shape index (κ2) is 3.77. The smallest absolute Gasteiger partial charge is 0.228 e. The molecule has 0 aliphatic heterocycles. The van der Waals surface area contributed by atoms with Crippen LogP contribution in [-0.2, 0) is 0 Å². The highest BCUT2D eigenvalue weighted by Crippen LogP contribution is 1.78. The van der Waals surface area contributed by atoms with Crippen LogP contribution in [0.4, 0.5) is 0 Å². The van der Waals surface area contributed by atoms with Crippen LogP contribution >= 0.6 is 0 Å². The maximum Gasteiger partial charge on any atom is 0.228 e. The Bertz CT molecular complexity index is 239. The summed E-state index contributed by atoms with van der Waals surface area (Å²) in [6, 6.07) is 9.89. The number of nitrogens with zero attached hydrogens (tertiary/aromatic N) is 2. The van der Waals surface area contributed by atoms with Gasteiger partial charge in [-0.15, -0.1) is 0 Å². The van der Waals surface area contributed by atoms with Gasteiger partial charge in [0.1, 0.15) is 0 Å². The summed E-state index contributed by atoms with van der Waals surface area (Å²) in [6.45, 7) is 0. The Morgan fingerprint density at radius 1 is 1.30 bits per heavy atom. The molecule has 0 atom stereocenters. The molecular weight excluding hydrogens is 140 g/mol. The summed E-state index contributed by atoms with van der Waals surface area (Å²) < 4.78 is 0. The van der Waals surface area contributed by atoms with Crippen molar-refractivity contribution in [2.75, 3.05) is 0 Å². The summed E-state index contributed by atoms with van der Waals surface area (Å²) >= 11 is 0. The molecule has 0 N–H and O–H groups in total. The van der Waals surface area contributed by atoms with Crippen molar-refractivity contribution in [3.05, 3.63) is 35.9 Å². The third-order valence-corrected chi connectivity index (χ3v) is 1.97. The molecule has 0 aliphatic carbocycles. The van der Waals surface area contributed by atoms with Gasteiger partial charge in [0.2, 0.25) is 15.4 Å². The molecule has 0 unspecified atom stereocenters. The van der Waals surface area contributed by atoms with Crippen molar-refractivity contribution in [1.29, 1.82) is 0 Å². The largest absolute Gasteiger partial charge is 0.363 e. The zero-order valence-electron chi connectivity index (χ0n) is 5.36. The van der Waals surface area contributed by atoms with E-state index in [1.54, 1.807) is 0 Å². The van der Waals surface area contributed by atoms with Crippen LogP contribution in [0.25, 0.3) is 5.53 Å². The van der Waals surface area contributed by atoms with E-state index in [2.05, 4.69) is 4.79 Å². The third-order valence-electron chi connectivity index (χ3n) is 1.06. The molecule has 48 valence electrons. The first-order valence-corrected chi connectivity index (χ1v) is 3.98. The minimum absolute atomic E-state index is 0.463. The monoisotopic (exact) mass is 146 g/mol. The first-order chi connectivity index (χ1) is 4.93. The third kappa shape index (κ3) is 1.97. The molecule has 3 heteroatoms. The van der Waals surface area contributed by atoms with Gasteiger partial charge in [-0.05, 0) is 0 Å². The maximum absolute atomic E-state index is 8.10. The van der Waals surface area contributed by atoms with E-state index in [-0.39, 0.29) is 0 Å². The zero-order chi connectivity index (χ0) is 7.23. The molecule has 0 heterocycles. The van der Waals surface area contributed by atoms with E-state index < -0.39 is 0 Å². The maximum atomic E-state index is 8.10. The Morgan fingerprint density at radius 2 is 2.00 bits per heavy atom. The van der Waals surface area contributed by atoms with Gasteiger partial charge < -0.3 is 5.53 Å². The number of hydrogen-bond donors (Lipinski definition) is 0. The van der Waals surface area contributed by atoms with E-state index in [1.165, 1.54) is 11.0 Å². The first-order valence-electron chi connectivity index (χ1n) is 2.91. The quantitative estimate of drug-likeness (QED) is 0.249. The average molecular weight is 146 g/mol. The topological polar surface area (TPSA) is 36.4 Å². The molecule has 0 fully saturated rings. The molecule has 0 bridgehead atoms. The van der Waals surface area contributed by atoms with Gasteiger partial charge >= 0.3 is 0 Å². The van der Waals surface area contributed by atoms with Crippen molar-refractivity contribution in [3.8, 4) is 0 Å². The van der Waals surface area contributed by atoms with Crippen LogP contribution in [0, 0.1) is 0 Å². The molecule has 2 nitrogen and oxygen atoms in total. The molecule has 0 aromatic heterocycles. The Kier molecular flexibility index (Phi) is 2.61. The minimum atomic E-state index is 0.463. The molecule has 0 aliphatic rings. The van der Waals surface area contributed by atoms with Crippen LogP contribution in [0.3, 0.4) is 0 Å². The van der Waals surface area contributed by atoms with E-state index in [1.807, 2.05) is 30.3 Å². The lowest BCUT2D eigenvalue weighted by atomic mass is 10.4. The Morgan fingerprint density at radius 3 is 2.60 bits per heavy atom. The highest BCUT2D eigenvalue weighted by Gasteiger charge is 1.91. The van der Waals surface area contributed by atoms with Crippen LogP contribution in [0.2, 0.25) is 0 Å². The minimum Gasteiger partial charge on any atom is -0.363 e. The molecule has 2 radical (unpaired) electrons. The Balaban J connectivity index is 2.67. The predicted molar refractivity (Wildman–Crippen MR) is 41.5 cm³/mol. The normalized spacial score (nSPS) is 8.40. The van der Waals surface area contributed by atoms with Gasteiger partial charge in [0, 0.05) is 0 Å². The van der Waals surface area contributed by atoms with Gasteiger partial charge in [-0.1, -0.05) is 35.5 Å². The van der Waals surface area contributed by atoms with Crippen molar-refractivity contribution in [2.45, 2.75) is 0 Å². The first kappa shape index (κ1) is 6.93. The van der Waals surface area contributed by atoms with Crippen molar-refractivity contribution in [2.24, 2.45) is 0 Å².